The van der Waals surface area contributed by atoms with Gasteiger partial charge >= 0.3 is 0 Å². The summed E-state index contributed by atoms with van der Waals surface area (Å²) in [5.74, 6) is -0.261. The lowest BCUT2D eigenvalue weighted by atomic mass is 10.1. The zero-order valence-electron chi connectivity index (χ0n) is 12.8. The molecule has 0 saturated carbocycles. The lowest BCUT2D eigenvalue weighted by molar-refractivity contribution is 0.0951. The number of amides is 1. The molecule has 0 aliphatic carbocycles. The van der Waals surface area contributed by atoms with Crippen LogP contribution in [0.4, 0.5) is 0 Å². The van der Waals surface area contributed by atoms with E-state index >= 15 is 0 Å². The van der Waals surface area contributed by atoms with Gasteiger partial charge in [-0.05, 0) is 29.8 Å². The number of aryl methyl sites for hydroxylation is 1. The number of nitrogens with one attached hydrogen (secondary N) is 1. The molecule has 122 valence electrons. The van der Waals surface area contributed by atoms with Gasteiger partial charge in [-0.3, -0.25) is 14.5 Å². The van der Waals surface area contributed by atoms with Gasteiger partial charge in [0.25, 0.3) is 5.91 Å². The van der Waals surface area contributed by atoms with E-state index in [0.29, 0.717) is 22.2 Å². The Hall–Kier alpha value is -2.37. The van der Waals surface area contributed by atoms with Crippen molar-refractivity contribution < 1.29 is 4.79 Å². The number of rotatable bonds is 4. The maximum Gasteiger partial charge on any atom is 0.253 e. The molecule has 3 rings (SSSR count). The van der Waals surface area contributed by atoms with Crippen LogP contribution in [0.5, 0.6) is 0 Å². The number of halogens is 2. The Morgan fingerprint density at radius 1 is 1.17 bits per heavy atom. The number of aromatic nitrogens is 3. The average Bonchev–Trinajstić information content (AvgIpc) is 2.99. The first-order chi connectivity index (χ1) is 11.5. The summed E-state index contributed by atoms with van der Waals surface area (Å²) in [6.45, 7) is 0.346. The summed E-state index contributed by atoms with van der Waals surface area (Å²) in [7, 11) is 1.86. The summed E-state index contributed by atoms with van der Waals surface area (Å²) in [4.78, 5) is 16.5. The van der Waals surface area contributed by atoms with Crippen LogP contribution in [0.25, 0.3) is 11.1 Å². The second-order valence-electron chi connectivity index (χ2n) is 5.29. The fourth-order valence-electron chi connectivity index (χ4n) is 2.26. The normalized spacial score (nSPS) is 10.6. The molecular formula is C17H14Cl2N4O. The molecule has 1 aromatic carbocycles. The molecule has 1 amide bonds. The van der Waals surface area contributed by atoms with Crippen LogP contribution < -0.4 is 5.32 Å². The summed E-state index contributed by atoms with van der Waals surface area (Å²) >= 11 is 11.9. The van der Waals surface area contributed by atoms with E-state index in [1.165, 1.54) is 0 Å². The van der Waals surface area contributed by atoms with Crippen molar-refractivity contribution in [1.29, 1.82) is 0 Å². The third-order valence-corrected chi connectivity index (χ3v) is 4.01. The van der Waals surface area contributed by atoms with Crippen molar-refractivity contribution in [2.75, 3.05) is 0 Å². The van der Waals surface area contributed by atoms with Crippen molar-refractivity contribution in [2.45, 2.75) is 6.54 Å². The molecule has 1 N–H and O–H groups in total. The molecule has 0 spiro atoms. The molecule has 0 fully saturated rings. The van der Waals surface area contributed by atoms with Crippen molar-refractivity contribution in [3.63, 3.8) is 0 Å². The first kappa shape index (κ1) is 16.5. The predicted molar refractivity (Wildman–Crippen MR) is 94.1 cm³/mol. The molecule has 0 radical (unpaired) electrons. The standard InChI is InChI=1S/C17H14Cl2N4O/c1-23-10-13(9-22-23)12-4-11(6-20-8-12)7-21-17(24)15-3-2-14(18)5-16(15)19/h2-6,8-10H,7H2,1H3,(H,21,24). The maximum absolute atomic E-state index is 12.2. The largest absolute Gasteiger partial charge is 0.348 e. The van der Waals surface area contributed by atoms with Crippen LogP contribution in [0.2, 0.25) is 10.0 Å². The van der Waals surface area contributed by atoms with Crippen LogP contribution >= 0.6 is 23.2 Å². The molecule has 0 saturated heterocycles. The number of benzene rings is 1. The third kappa shape index (κ3) is 3.75. The Bertz CT molecular complexity index is 892. The van der Waals surface area contributed by atoms with Gasteiger partial charge in [-0.2, -0.15) is 5.10 Å². The molecule has 3 aromatic rings. The van der Waals surface area contributed by atoms with Gasteiger partial charge in [0.05, 0.1) is 16.8 Å². The third-order valence-electron chi connectivity index (χ3n) is 3.46. The fraction of sp³-hybridized carbons (Fsp3) is 0.118. The van der Waals surface area contributed by atoms with E-state index in [9.17, 15) is 4.79 Å². The van der Waals surface area contributed by atoms with E-state index < -0.39 is 0 Å². The second kappa shape index (κ2) is 7.03. The van der Waals surface area contributed by atoms with E-state index in [1.54, 1.807) is 41.5 Å². The van der Waals surface area contributed by atoms with Crippen LogP contribution in [-0.4, -0.2) is 20.7 Å². The van der Waals surface area contributed by atoms with Crippen LogP contribution in [-0.2, 0) is 13.6 Å². The van der Waals surface area contributed by atoms with Crippen molar-refractivity contribution in [3.05, 3.63) is 70.2 Å². The van der Waals surface area contributed by atoms with Crippen molar-refractivity contribution in [3.8, 4) is 11.1 Å². The molecule has 5 nitrogen and oxygen atoms in total. The average molecular weight is 361 g/mol. The van der Waals surface area contributed by atoms with Gasteiger partial charge < -0.3 is 5.32 Å². The Morgan fingerprint density at radius 3 is 2.71 bits per heavy atom. The minimum atomic E-state index is -0.261. The minimum Gasteiger partial charge on any atom is -0.348 e. The summed E-state index contributed by atoms with van der Waals surface area (Å²) in [6.07, 6.45) is 7.15. The monoisotopic (exact) mass is 360 g/mol. The molecule has 0 aliphatic heterocycles. The highest BCUT2D eigenvalue weighted by Gasteiger charge is 2.11. The predicted octanol–water partition coefficient (Wildman–Crippen LogP) is 3.72. The van der Waals surface area contributed by atoms with Crippen LogP contribution in [0, 0.1) is 0 Å². The molecule has 7 heteroatoms. The summed E-state index contributed by atoms with van der Waals surface area (Å²) in [5.41, 5.74) is 3.19. The number of carbonyl (C=O) groups excluding carboxylic acids is 1. The molecule has 2 aromatic heterocycles. The van der Waals surface area contributed by atoms with E-state index in [0.717, 1.165) is 16.7 Å². The van der Waals surface area contributed by atoms with Gasteiger partial charge in [-0.15, -0.1) is 0 Å². The second-order valence-corrected chi connectivity index (χ2v) is 6.14. The van der Waals surface area contributed by atoms with Gasteiger partial charge in [0, 0.05) is 48.3 Å². The zero-order chi connectivity index (χ0) is 17.1. The summed E-state index contributed by atoms with van der Waals surface area (Å²) in [5, 5.41) is 7.79. The number of pyridine rings is 1. The number of nitrogens with zero attached hydrogens (tertiary/aromatic N) is 3. The Morgan fingerprint density at radius 2 is 2.00 bits per heavy atom. The molecule has 24 heavy (non-hydrogen) atoms. The quantitative estimate of drug-likeness (QED) is 0.771. The van der Waals surface area contributed by atoms with Crippen molar-refractivity contribution in [1.82, 2.24) is 20.1 Å². The van der Waals surface area contributed by atoms with Gasteiger partial charge in [-0.1, -0.05) is 23.2 Å². The highest BCUT2D eigenvalue weighted by Crippen LogP contribution is 2.21. The molecule has 0 atom stereocenters. The number of hydrogen-bond acceptors (Lipinski definition) is 3. The van der Waals surface area contributed by atoms with Gasteiger partial charge in [0.2, 0.25) is 0 Å². The summed E-state index contributed by atoms with van der Waals surface area (Å²) in [6, 6.07) is 6.74. The first-order valence-electron chi connectivity index (χ1n) is 7.19. The van der Waals surface area contributed by atoms with Crippen LogP contribution in [0.3, 0.4) is 0 Å². The lowest BCUT2D eigenvalue weighted by Gasteiger charge is -2.08. The van der Waals surface area contributed by atoms with E-state index in [-0.39, 0.29) is 5.91 Å². The molecule has 0 bridgehead atoms. The first-order valence-corrected chi connectivity index (χ1v) is 7.95. The molecular weight excluding hydrogens is 347 g/mol. The Kier molecular flexibility index (Phi) is 4.83. The summed E-state index contributed by atoms with van der Waals surface area (Å²) < 4.78 is 1.73. The molecule has 2 heterocycles. The molecule has 0 aliphatic rings. The maximum atomic E-state index is 12.2. The van der Waals surface area contributed by atoms with Crippen LogP contribution in [0.1, 0.15) is 15.9 Å². The topological polar surface area (TPSA) is 59.8 Å². The SMILES string of the molecule is Cn1cc(-c2cncc(CNC(=O)c3ccc(Cl)cc3Cl)c2)cn1. The highest BCUT2D eigenvalue weighted by molar-refractivity contribution is 6.36. The number of carbonyl (C=O) groups is 1. The van der Waals surface area contributed by atoms with Crippen molar-refractivity contribution >= 4 is 29.1 Å². The van der Waals surface area contributed by atoms with Crippen LogP contribution in [0.15, 0.2) is 49.1 Å². The van der Waals surface area contributed by atoms with E-state index in [4.69, 9.17) is 23.2 Å². The Balaban J connectivity index is 1.71. The van der Waals surface area contributed by atoms with Gasteiger partial charge in [0.1, 0.15) is 0 Å². The van der Waals surface area contributed by atoms with Crippen molar-refractivity contribution in [2.24, 2.45) is 7.05 Å². The lowest BCUT2D eigenvalue weighted by Crippen LogP contribution is -2.23. The van der Waals surface area contributed by atoms with E-state index in [1.807, 2.05) is 19.3 Å². The van der Waals surface area contributed by atoms with E-state index in [2.05, 4.69) is 15.4 Å². The number of hydrogen-bond donors (Lipinski definition) is 1. The Labute approximate surface area is 149 Å². The molecule has 0 unspecified atom stereocenters. The smallest absolute Gasteiger partial charge is 0.253 e. The minimum absolute atomic E-state index is 0.261. The van der Waals surface area contributed by atoms with Gasteiger partial charge in [0.15, 0.2) is 0 Å². The fourth-order valence-corrected chi connectivity index (χ4v) is 2.76. The van der Waals surface area contributed by atoms with Gasteiger partial charge in [-0.25, -0.2) is 0 Å². The highest BCUT2D eigenvalue weighted by atomic mass is 35.5. The zero-order valence-corrected chi connectivity index (χ0v) is 14.3.